The molecule has 2 aliphatic heterocycles. The third-order valence-electron chi connectivity index (χ3n) is 6.74. The Bertz CT molecular complexity index is 1230. The highest BCUT2D eigenvalue weighted by Crippen LogP contribution is 2.32. The zero-order valence-electron chi connectivity index (χ0n) is 18.5. The van der Waals surface area contributed by atoms with E-state index in [4.69, 9.17) is 4.98 Å². The molecule has 0 bridgehead atoms. The number of likely N-dealkylation sites (tertiary alicyclic amines) is 1. The minimum Gasteiger partial charge on any atom is -0.330 e. The summed E-state index contributed by atoms with van der Waals surface area (Å²) in [6, 6.07) is 7.89. The van der Waals surface area contributed by atoms with Crippen LogP contribution in [0.5, 0.6) is 0 Å². The first-order valence-corrected chi connectivity index (χ1v) is 11.4. The highest BCUT2D eigenvalue weighted by Gasteiger charge is 2.31. The number of rotatable bonds is 3. The lowest BCUT2D eigenvalue weighted by atomic mass is 9.98. The van der Waals surface area contributed by atoms with Crippen LogP contribution in [0.15, 0.2) is 35.1 Å². The maximum absolute atomic E-state index is 13.7. The summed E-state index contributed by atoms with van der Waals surface area (Å²) in [5, 5.41) is 3.23. The molecule has 1 atom stereocenters. The highest BCUT2D eigenvalue weighted by molar-refractivity contribution is 5.94. The van der Waals surface area contributed by atoms with Crippen LogP contribution in [-0.4, -0.2) is 49.4 Å². The Balaban J connectivity index is 1.51. The molecule has 32 heavy (non-hydrogen) atoms. The maximum atomic E-state index is 13.7. The molecular weight excluding hydrogens is 409 g/mol. The average Bonchev–Trinajstić information content (AvgIpc) is 3.22. The molecule has 7 nitrogen and oxygen atoms in total. The third-order valence-corrected chi connectivity index (χ3v) is 6.74. The molecule has 1 N–H and O–H groups in total. The lowest BCUT2D eigenvalue weighted by Crippen LogP contribution is -2.40. The van der Waals surface area contributed by atoms with Crippen molar-refractivity contribution in [2.75, 3.05) is 13.1 Å². The van der Waals surface area contributed by atoms with Crippen LogP contribution >= 0.6 is 0 Å². The zero-order chi connectivity index (χ0) is 22.4. The topological polar surface area (TPSA) is 73.7 Å². The second kappa shape index (κ2) is 8.16. The van der Waals surface area contributed by atoms with Crippen molar-refractivity contribution in [3.8, 4) is 0 Å². The fraction of sp³-hybridized carbons (Fsp3) is 0.458. The summed E-state index contributed by atoms with van der Waals surface area (Å²) in [5.74, 6) is -0.619. The Morgan fingerprint density at radius 1 is 1.22 bits per heavy atom. The number of nitrogens with zero attached hydrogens (tertiary/aromatic N) is 4. The van der Waals surface area contributed by atoms with Crippen LogP contribution < -0.4 is 5.56 Å². The van der Waals surface area contributed by atoms with Gasteiger partial charge < -0.3 is 4.90 Å². The molecule has 0 saturated carbocycles. The van der Waals surface area contributed by atoms with Crippen molar-refractivity contribution < 1.29 is 9.18 Å². The van der Waals surface area contributed by atoms with Crippen LogP contribution in [0, 0.1) is 5.82 Å². The number of aromatic amines is 1. The molecule has 2 aliphatic rings. The van der Waals surface area contributed by atoms with Gasteiger partial charge >= 0.3 is 0 Å². The van der Waals surface area contributed by atoms with Crippen LogP contribution in [-0.2, 0) is 13.0 Å². The third kappa shape index (κ3) is 3.62. The second-order valence-electron chi connectivity index (χ2n) is 9.08. The summed E-state index contributed by atoms with van der Waals surface area (Å²) in [6.45, 7) is 6.42. The average molecular weight is 438 g/mol. The number of aromatic nitrogens is 3. The van der Waals surface area contributed by atoms with Crippen molar-refractivity contribution in [3.63, 3.8) is 0 Å². The van der Waals surface area contributed by atoms with E-state index in [1.807, 2.05) is 6.07 Å². The van der Waals surface area contributed by atoms with Gasteiger partial charge in [0, 0.05) is 42.9 Å². The molecule has 1 saturated heterocycles. The molecular formula is C24H28FN5O2. The number of piperidine rings is 1. The molecule has 1 aromatic carbocycles. The van der Waals surface area contributed by atoms with Crippen molar-refractivity contribution in [2.45, 2.75) is 58.2 Å². The van der Waals surface area contributed by atoms with Crippen molar-refractivity contribution in [1.29, 1.82) is 0 Å². The number of carbonyl (C=O) groups is 1. The molecule has 5 rings (SSSR count). The Kier molecular flexibility index (Phi) is 5.33. The number of halogens is 1. The highest BCUT2D eigenvalue weighted by atomic mass is 19.1. The van der Waals surface area contributed by atoms with Gasteiger partial charge in [-0.25, -0.2) is 13.9 Å². The molecule has 4 heterocycles. The number of benzene rings is 1. The summed E-state index contributed by atoms with van der Waals surface area (Å²) >= 11 is 0. The van der Waals surface area contributed by atoms with E-state index in [0.717, 1.165) is 42.8 Å². The van der Waals surface area contributed by atoms with Gasteiger partial charge in [-0.15, -0.1) is 0 Å². The molecule has 0 unspecified atom stereocenters. The first kappa shape index (κ1) is 20.9. The van der Waals surface area contributed by atoms with Gasteiger partial charge in [-0.05, 0) is 57.7 Å². The smallest absolute Gasteiger partial charge is 0.276 e. The normalized spacial score (nSPS) is 19.5. The summed E-state index contributed by atoms with van der Waals surface area (Å²) in [5.41, 5.74) is 3.27. The molecule has 0 spiro atoms. The van der Waals surface area contributed by atoms with Gasteiger partial charge in [-0.3, -0.25) is 19.6 Å². The molecule has 0 aliphatic carbocycles. The van der Waals surface area contributed by atoms with E-state index in [1.165, 1.54) is 16.6 Å². The van der Waals surface area contributed by atoms with Crippen LogP contribution in [0.3, 0.4) is 0 Å². The molecule has 3 aromatic rings. The van der Waals surface area contributed by atoms with Gasteiger partial charge in [-0.1, -0.05) is 6.07 Å². The molecule has 1 amide bonds. The number of fused-ring (bicyclic) bond motifs is 2. The largest absolute Gasteiger partial charge is 0.330 e. The first-order valence-electron chi connectivity index (χ1n) is 11.4. The first-order chi connectivity index (χ1) is 15.4. The van der Waals surface area contributed by atoms with Gasteiger partial charge in [0.2, 0.25) is 0 Å². The molecule has 1 fully saturated rings. The standard InChI is InChI=1S/C24H28FN5O2/c1-15(2)28-11-9-18-20(14-28)26-22-13-19(27-30(22)24(18)32)21-8-3-4-10-29(21)23(31)16-6-5-7-17(25)12-16/h5-7,12-13,15,21,27H,3-4,8-11,14H2,1-2H3/t21-/m0/s1. The quantitative estimate of drug-likeness (QED) is 0.682. The summed E-state index contributed by atoms with van der Waals surface area (Å²) < 4.78 is 15.2. The fourth-order valence-corrected chi connectivity index (χ4v) is 4.93. The van der Waals surface area contributed by atoms with Crippen LogP contribution in [0.1, 0.15) is 66.5 Å². The number of carbonyl (C=O) groups excluding carboxylic acids is 1. The van der Waals surface area contributed by atoms with Crippen LogP contribution in [0.25, 0.3) is 5.65 Å². The van der Waals surface area contributed by atoms with E-state index in [-0.39, 0.29) is 17.5 Å². The van der Waals surface area contributed by atoms with Gasteiger partial charge in [0.1, 0.15) is 5.82 Å². The predicted molar refractivity (Wildman–Crippen MR) is 119 cm³/mol. The second-order valence-corrected chi connectivity index (χ2v) is 9.08. The lowest BCUT2D eigenvalue weighted by Gasteiger charge is -2.35. The zero-order valence-corrected chi connectivity index (χ0v) is 18.5. The number of hydrogen-bond donors (Lipinski definition) is 1. The molecule has 8 heteroatoms. The van der Waals surface area contributed by atoms with Crippen molar-refractivity contribution in [1.82, 2.24) is 24.4 Å². The van der Waals surface area contributed by atoms with E-state index in [9.17, 15) is 14.0 Å². The van der Waals surface area contributed by atoms with E-state index < -0.39 is 5.82 Å². The van der Waals surface area contributed by atoms with Crippen molar-refractivity contribution >= 4 is 11.6 Å². The monoisotopic (exact) mass is 437 g/mol. The number of hydrogen-bond acceptors (Lipinski definition) is 4. The van der Waals surface area contributed by atoms with Gasteiger partial charge in [-0.2, -0.15) is 0 Å². The number of H-pyrrole nitrogens is 1. The molecule has 168 valence electrons. The Morgan fingerprint density at radius 3 is 2.84 bits per heavy atom. The van der Waals surface area contributed by atoms with Gasteiger partial charge in [0.05, 0.1) is 17.4 Å². The summed E-state index contributed by atoms with van der Waals surface area (Å²) in [6.07, 6.45) is 3.35. The van der Waals surface area contributed by atoms with E-state index in [2.05, 4.69) is 23.8 Å². The van der Waals surface area contributed by atoms with Crippen LogP contribution in [0.4, 0.5) is 4.39 Å². The fourth-order valence-electron chi connectivity index (χ4n) is 4.93. The maximum Gasteiger partial charge on any atom is 0.276 e. The minimum absolute atomic E-state index is 0.0570. The Morgan fingerprint density at radius 2 is 2.06 bits per heavy atom. The van der Waals surface area contributed by atoms with E-state index in [0.29, 0.717) is 36.8 Å². The van der Waals surface area contributed by atoms with Crippen molar-refractivity contribution in [2.24, 2.45) is 0 Å². The Hall–Kier alpha value is -3.00. The van der Waals surface area contributed by atoms with Gasteiger partial charge in [0.15, 0.2) is 5.65 Å². The molecule has 2 aromatic heterocycles. The van der Waals surface area contributed by atoms with Crippen molar-refractivity contribution in [3.05, 3.63) is 69.0 Å². The number of nitrogens with one attached hydrogen (secondary N) is 1. The summed E-state index contributed by atoms with van der Waals surface area (Å²) in [7, 11) is 0. The minimum atomic E-state index is -0.424. The van der Waals surface area contributed by atoms with Gasteiger partial charge in [0.25, 0.3) is 11.5 Å². The number of amides is 1. The Labute approximate surface area is 185 Å². The van der Waals surface area contributed by atoms with E-state index >= 15 is 0 Å². The SMILES string of the molecule is CC(C)N1CCc2c(nc3cc([C@@H]4CCCCN4C(=O)c4cccc(F)c4)[nH]n3c2=O)C1. The lowest BCUT2D eigenvalue weighted by molar-refractivity contribution is 0.0605. The summed E-state index contributed by atoms with van der Waals surface area (Å²) in [4.78, 5) is 35.3. The van der Waals surface area contributed by atoms with E-state index in [1.54, 1.807) is 17.0 Å². The molecule has 0 radical (unpaired) electrons. The van der Waals surface area contributed by atoms with Crippen LogP contribution in [0.2, 0.25) is 0 Å². The predicted octanol–water partition coefficient (Wildman–Crippen LogP) is 3.30.